The van der Waals surface area contributed by atoms with E-state index < -0.39 is 0 Å². The molecule has 2 aliphatic rings. The molecular weight excluding hydrogens is 236 g/mol. The van der Waals surface area contributed by atoms with Gasteiger partial charge in [-0.15, -0.1) is 0 Å². The zero-order valence-electron chi connectivity index (χ0n) is 11.9. The van der Waals surface area contributed by atoms with E-state index in [0.29, 0.717) is 0 Å². The standard InChI is InChI=1S/C17H24O2/c1-14-2-4-15(5-3-14)6-7-16-8-10-17(11-9-16)18-12-13-19-17/h2-5,16H,6-13H2,1H3. The van der Waals surface area contributed by atoms with Gasteiger partial charge in [-0.1, -0.05) is 29.8 Å². The second-order valence-corrected chi connectivity index (χ2v) is 6.08. The molecule has 1 saturated carbocycles. The van der Waals surface area contributed by atoms with Gasteiger partial charge in [0.05, 0.1) is 13.2 Å². The van der Waals surface area contributed by atoms with E-state index in [9.17, 15) is 0 Å². The second kappa shape index (κ2) is 5.64. The first-order valence-corrected chi connectivity index (χ1v) is 7.59. The van der Waals surface area contributed by atoms with Gasteiger partial charge in [0.15, 0.2) is 5.79 Å². The van der Waals surface area contributed by atoms with Gasteiger partial charge in [0.1, 0.15) is 0 Å². The summed E-state index contributed by atoms with van der Waals surface area (Å²) in [5, 5.41) is 0. The number of ether oxygens (including phenoxy) is 2. The Labute approximate surface area is 116 Å². The molecule has 0 aromatic heterocycles. The molecule has 0 unspecified atom stereocenters. The van der Waals surface area contributed by atoms with Gasteiger partial charge in [0.2, 0.25) is 0 Å². The van der Waals surface area contributed by atoms with Gasteiger partial charge in [-0.25, -0.2) is 0 Å². The molecule has 2 heteroatoms. The largest absolute Gasteiger partial charge is 0.348 e. The van der Waals surface area contributed by atoms with Gasteiger partial charge in [-0.05, 0) is 44.1 Å². The zero-order chi connectivity index (χ0) is 13.1. The fraction of sp³-hybridized carbons (Fsp3) is 0.647. The number of rotatable bonds is 3. The van der Waals surface area contributed by atoms with Crippen molar-refractivity contribution in [1.82, 2.24) is 0 Å². The van der Waals surface area contributed by atoms with Gasteiger partial charge in [0, 0.05) is 12.8 Å². The molecule has 0 atom stereocenters. The molecule has 0 bridgehead atoms. The molecule has 1 aliphatic carbocycles. The van der Waals surface area contributed by atoms with E-state index in [4.69, 9.17) is 9.47 Å². The SMILES string of the molecule is Cc1ccc(CCC2CCC3(CC2)OCCO3)cc1. The first-order valence-electron chi connectivity index (χ1n) is 7.59. The van der Waals surface area contributed by atoms with Gasteiger partial charge in [0.25, 0.3) is 0 Å². The third-order valence-electron chi connectivity index (χ3n) is 4.64. The highest BCUT2D eigenvalue weighted by atomic mass is 16.7. The zero-order valence-corrected chi connectivity index (χ0v) is 11.9. The predicted octanol–water partition coefficient (Wildman–Crippen LogP) is 3.86. The quantitative estimate of drug-likeness (QED) is 0.821. The minimum Gasteiger partial charge on any atom is -0.348 e. The van der Waals surface area contributed by atoms with Crippen molar-refractivity contribution < 1.29 is 9.47 Å². The third kappa shape index (κ3) is 3.18. The lowest BCUT2D eigenvalue weighted by Gasteiger charge is -2.35. The Morgan fingerprint density at radius 3 is 2.32 bits per heavy atom. The molecule has 1 aliphatic heterocycles. The lowest BCUT2D eigenvalue weighted by atomic mass is 9.82. The Kier molecular flexibility index (Phi) is 3.90. The molecule has 104 valence electrons. The van der Waals surface area contributed by atoms with E-state index in [2.05, 4.69) is 31.2 Å². The average molecular weight is 260 g/mol. The molecule has 1 aromatic carbocycles. The fourth-order valence-electron chi connectivity index (χ4n) is 3.32. The van der Waals surface area contributed by atoms with Crippen molar-refractivity contribution in [3.63, 3.8) is 0 Å². The van der Waals surface area contributed by atoms with Crippen LogP contribution in [0.3, 0.4) is 0 Å². The summed E-state index contributed by atoms with van der Waals surface area (Å²) >= 11 is 0. The van der Waals surface area contributed by atoms with Crippen molar-refractivity contribution >= 4 is 0 Å². The number of benzene rings is 1. The Morgan fingerprint density at radius 1 is 1.05 bits per heavy atom. The molecule has 0 amide bonds. The van der Waals surface area contributed by atoms with Crippen LogP contribution in [0.1, 0.15) is 43.2 Å². The highest BCUT2D eigenvalue weighted by Crippen LogP contribution is 2.39. The van der Waals surface area contributed by atoms with Crippen LogP contribution in [0.15, 0.2) is 24.3 Å². The summed E-state index contributed by atoms with van der Waals surface area (Å²) in [5.41, 5.74) is 2.82. The molecule has 0 radical (unpaired) electrons. The average Bonchev–Trinajstić information content (AvgIpc) is 2.89. The molecule has 2 fully saturated rings. The van der Waals surface area contributed by atoms with Crippen LogP contribution in [0.4, 0.5) is 0 Å². The topological polar surface area (TPSA) is 18.5 Å². The number of aryl methyl sites for hydroxylation is 2. The summed E-state index contributed by atoms with van der Waals surface area (Å²) in [4.78, 5) is 0. The maximum absolute atomic E-state index is 5.78. The van der Waals surface area contributed by atoms with Crippen LogP contribution in [0, 0.1) is 12.8 Å². The van der Waals surface area contributed by atoms with E-state index >= 15 is 0 Å². The van der Waals surface area contributed by atoms with Crippen molar-refractivity contribution in [2.75, 3.05) is 13.2 Å². The van der Waals surface area contributed by atoms with Crippen molar-refractivity contribution in [2.24, 2.45) is 5.92 Å². The number of hydrogen-bond donors (Lipinski definition) is 0. The summed E-state index contributed by atoms with van der Waals surface area (Å²) < 4.78 is 11.6. The van der Waals surface area contributed by atoms with Gasteiger partial charge < -0.3 is 9.47 Å². The van der Waals surface area contributed by atoms with Gasteiger partial charge in [-0.3, -0.25) is 0 Å². The molecular formula is C17H24O2. The van der Waals surface area contributed by atoms with E-state index in [1.165, 1.54) is 36.8 Å². The highest BCUT2D eigenvalue weighted by Gasteiger charge is 2.39. The lowest BCUT2D eigenvalue weighted by Crippen LogP contribution is -2.35. The Balaban J connectivity index is 1.46. The van der Waals surface area contributed by atoms with Crippen LogP contribution >= 0.6 is 0 Å². The predicted molar refractivity (Wildman–Crippen MR) is 76.1 cm³/mol. The van der Waals surface area contributed by atoms with Gasteiger partial charge >= 0.3 is 0 Å². The summed E-state index contributed by atoms with van der Waals surface area (Å²) in [5.74, 6) is 0.653. The van der Waals surface area contributed by atoms with Crippen LogP contribution in [0.25, 0.3) is 0 Å². The Morgan fingerprint density at radius 2 is 1.68 bits per heavy atom. The van der Waals surface area contributed by atoms with Crippen molar-refractivity contribution in [1.29, 1.82) is 0 Å². The monoisotopic (exact) mass is 260 g/mol. The van der Waals surface area contributed by atoms with Crippen molar-refractivity contribution in [2.45, 2.75) is 51.2 Å². The highest BCUT2D eigenvalue weighted by molar-refractivity contribution is 5.21. The summed E-state index contributed by atoms with van der Waals surface area (Å²) in [6, 6.07) is 8.96. The van der Waals surface area contributed by atoms with E-state index in [1.807, 2.05) is 0 Å². The minimum atomic E-state index is -0.194. The summed E-state index contributed by atoms with van der Waals surface area (Å²) in [6.07, 6.45) is 7.20. The number of hydrogen-bond acceptors (Lipinski definition) is 2. The molecule has 3 rings (SSSR count). The van der Waals surface area contributed by atoms with Gasteiger partial charge in [-0.2, -0.15) is 0 Å². The maximum Gasteiger partial charge on any atom is 0.168 e. The molecule has 0 N–H and O–H groups in total. The summed E-state index contributed by atoms with van der Waals surface area (Å²) in [7, 11) is 0. The first kappa shape index (κ1) is 13.1. The minimum absolute atomic E-state index is 0.194. The lowest BCUT2D eigenvalue weighted by molar-refractivity contribution is -0.182. The third-order valence-corrected chi connectivity index (χ3v) is 4.64. The van der Waals surface area contributed by atoms with Crippen LogP contribution in [-0.2, 0) is 15.9 Å². The smallest absolute Gasteiger partial charge is 0.168 e. The van der Waals surface area contributed by atoms with E-state index in [1.54, 1.807) is 0 Å². The van der Waals surface area contributed by atoms with Crippen LogP contribution in [0.5, 0.6) is 0 Å². The Hall–Kier alpha value is -0.860. The maximum atomic E-state index is 5.78. The molecule has 1 aromatic rings. The molecule has 1 spiro atoms. The molecule has 19 heavy (non-hydrogen) atoms. The normalized spacial score (nSPS) is 23.0. The van der Waals surface area contributed by atoms with Crippen molar-refractivity contribution in [3.8, 4) is 0 Å². The Bertz CT molecular complexity index is 394. The van der Waals surface area contributed by atoms with E-state index in [0.717, 1.165) is 32.0 Å². The van der Waals surface area contributed by atoms with E-state index in [-0.39, 0.29) is 5.79 Å². The molecule has 1 heterocycles. The van der Waals surface area contributed by atoms with Crippen molar-refractivity contribution in [3.05, 3.63) is 35.4 Å². The fourth-order valence-corrected chi connectivity index (χ4v) is 3.32. The van der Waals surface area contributed by atoms with Crippen LogP contribution in [0.2, 0.25) is 0 Å². The van der Waals surface area contributed by atoms with Crippen LogP contribution in [-0.4, -0.2) is 19.0 Å². The van der Waals surface area contributed by atoms with Crippen LogP contribution < -0.4 is 0 Å². The molecule has 1 saturated heterocycles. The molecule has 2 nitrogen and oxygen atoms in total. The first-order chi connectivity index (χ1) is 9.26. The summed E-state index contributed by atoms with van der Waals surface area (Å²) in [6.45, 7) is 3.72. The second-order valence-electron chi connectivity index (χ2n) is 6.08.